The van der Waals surface area contributed by atoms with Crippen LogP contribution in [0.1, 0.15) is 26.2 Å². The van der Waals surface area contributed by atoms with Crippen LogP contribution in [0.5, 0.6) is 5.75 Å². The third kappa shape index (κ3) is 3.92. The van der Waals surface area contributed by atoms with Crippen molar-refractivity contribution in [2.24, 2.45) is 0 Å². The molecule has 1 N–H and O–H groups in total. The van der Waals surface area contributed by atoms with Gasteiger partial charge in [0, 0.05) is 6.54 Å². The van der Waals surface area contributed by atoms with Crippen LogP contribution in [-0.4, -0.2) is 47.3 Å². The number of nitrogens with zero attached hydrogens (tertiary/aromatic N) is 3. The van der Waals surface area contributed by atoms with Gasteiger partial charge in [0.05, 0.1) is 38.1 Å². The number of rotatable bonds is 7. The predicted octanol–water partition coefficient (Wildman–Crippen LogP) is 2.13. The van der Waals surface area contributed by atoms with Crippen molar-refractivity contribution in [3.8, 4) is 17.1 Å². The molecule has 0 atom stereocenters. The average Bonchev–Trinajstić information content (AvgIpc) is 3.05. The fourth-order valence-electron chi connectivity index (χ4n) is 3.30. The molecular formula is C18H27N4OS+. The van der Waals surface area contributed by atoms with Crippen molar-refractivity contribution in [3.63, 3.8) is 0 Å². The Hall–Kier alpha value is -1.53. The second kappa shape index (κ2) is 8.53. The number of ether oxygens (including phenoxy) is 1. The highest BCUT2D eigenvalue weighted by atomic mass is 32.2. The Kier molecular flexibility index (Phi) is 6.15. The normalized spacial score (nSPS) is 15.6. The SMILES string of the molecule is CCn1c(SCC[NH+]2CCCCC2)nnc1-c1ccccc1OC. The lowest BCUT2D eigenvalue weighted by molar-refractivity contribution is -0.902. The van der Waals surface area contributed by atoms with E-state index in [9.17, 15) is 0 Å². The Morgan fingerprint density at radius 3 is 2.71 bits per heavy atom. The van der Waals surface area contributed by atoms with Gasteiger partial charge in [-0.25, -0.2) is 0 Å². The van der Waals surface area contributed by atoms with Crippen LogP contribution in [-0.2, 0) is 6.54 Å². The Labute approximate surface area is 148 Å². The zero-order valence-electron chi connectivity index (χ0n) is 14.6. The molecule has 1 fully saturated rings. The molecule has 2 heterocycles. The molecule has 0 aliphatic carbocycles. The van der Waals surface area contributed by atoms with Crippen LogP contribution in [0.4, 0.5) is 0 Å². The van der Waals surface area contributed by atoms with Crippen molar-refractivity contribution in [2.45, 2.75) is 37.9 Å². The van der Waals surface area contributed by atoms with Gasteiger partial charge in [-0.15, -0.1) is 10.2 Å². The van der Waals surface area contributed by atoms with Crippen LogP contribution in [0.25, 0.3) is 11.4 Å². The van der Waals surface area contributed by atoms with Crippen molar-refractivity contribution >= 4 is 11.8 Å². The largest absolute Gasteiger partial charge is 0.496 e. The molecule has 0 bridgehead atoms. The van der Waals surface area contributed by atoms with Gasteiger partial charge in [-0.2, -0.15) is 0 Å². The number of thioether (sulfide) groups is 1. The van der Waals surface area contributed by atoms with Crippen molar-refractivity contribution in [3.05, 3.63) is 24.3 Å². The number of methoxy groups -OCH3 is 1. The van der Waals surface area contributed by atoms with Gasteiger partial charge in [0.1, 0.15) is 5.75 Å². The lowest BCUT2D eigenvalue weighted by atomic mass is 10.1. The van der Waals surface area contributed by atoms with Crippen LogP contribution in [0, 0.1) is 0 Å². The van der Waals surface area contributed by atoms with Gasteiger partial charge in [-0.3, -0.25) is 0 Å². The second-order valence-corrected chi connectivity index (χ2v) is 7.22. The van der Waals surface area contributed by atoms with E-state index in [0.717, 1.165) is 34.6 Å². The third-order valence-electron chi connectivity index (χ3n) is 4.63. The minimum atomic E-state index is 0.842. The number of para-hydroxylation sites is 1. The molecule has 2 aromatic rings. The van der Waals surface area contributed by atoms with Gasteiger partial charge in [-0.1, -0.05) is 23.9 Å². The third-order valence-corrected chi connectivity index (χ3v) is 5.60. The monoisotopic (exact) mass is 347 g/mol. The summed E-state index contributed by atoms with van der Waals surface area (Å²) in [6.07, 6.45) is 4.16. The smallest absolute Gasteiger partial charge is 0.191 e. The Bertz CT molecular complexity index is 652. The standard InChI is InChI=1S/C18H26N4OS/c1-3-22-17(15-9-5-6-10-16(15)23-2)19-20-18(22)24-14-13-21-11-7-4-8-12-21/h5-6,9-10H,3-4,7-8,11-14H2,1-2H3/p+1. The van der Waals surface area contributed by atoms with E-state index in [1.165, 1.54) is 38.9 Å². The van der Waals surface area contributed by atoms with Gasteiger partial charge in [0.2, 0.25) is 0 Å². The Morgan fingerprint density at radius 1 is 1.17 bits per heavy atom. The minimum absolute atomic E-state index is 0.842. The second-order valence-electron chi connectivity index (χ2n) is 6.16. The predicted molar refractivity (Wildman–Crippen MR) is 97.8 cm³/mol. The van der Waals surface area contributed by atoms with Crippen molar-refractivity contribution < 1.29 is 9.64 Å². The number of nitrogens with one attached hydrogen (secondary N) is 1. The molecule has 5 nitrogen and oxygen atoms in total. The summed E-state index contributed by atoms with van der Waals surface area (Å²) in [6, 6.07) is 8.00. The fraction of sp³-hybridized carbons (Fsp3) is 0.556. The Morgan fingerprint density at radius 2 is 1.96 bits per heavy atom. The first kappa shape index (κ1) is 17.3. The van der Waals surface area contributed by atoms with Crippen LogP contribution in [0.15, 0.2) is 29.4 Å². The summed E-state index contributed by atoms with van der Waals surface area (Å²) in [5.74, 6) is 2.83. The molecule has 1 saturated heterocycles. The van der Waals surface area contributed by atoms with E-state index in [1.807, 2.05) is 36.0 Å². The summed E-state index contributed by atoms with van der Waals surface area (Å²) >= 11 is 1.82. The van der Waals surface area contributed by atoms with Crippen LogP contribution < -0.4 is 9.64 Å². The molecule has 0 radical (unpaired) electrons. The van der Waals surface area contributed by atoms with Crippen LogP contribution in [0.2, 0.25) is 0 Å². The molecule has 1 aliphatic rings. The van der Waals surface area contributed by atoms with E-state index >= 15 is 0 Å². The molecule has 1 aliphatic heterocycles. The molecule has 24 heavy (non-hydrogen) atoms. The van der Waals surface area contributed by atoms with E-state index in [-0.39, 0.29) is 0 Å². The summed E-state index contributed by atoms with van der Waals surface area (Å²) in [4.78, 5) is 1.74. The zero-order valence-corrected chi connectivity index (χ0v) is 15.4. The summed E-state index contributed by atoms with van der Waals surface area (Å²) in [7, 11) is 1.70. The molecule has 0 unspecified atom stereocenters. The number of hydrogen-bond donors (Lipinski definition) is 1. The van der Waals surface area contributed by atoms with E-state index in [2.05, 4.69) is 21.7 Å². The number of quaternary nitrogens is 1. The molecular weight excluding hydrogens is 320 g/mol. The highest BCUT2D eigenvalue weighted by molar-refractivity contribution is 7.99. The highest BCUT2D eigenvalue weighted by Crippen LogP contribution is 2.30. The van der Waals surface area contributed by atoms with Crippen molar-refractivity contribution in [1.29, 1.82) is 0 Å². The molecule has 0 amide bonds. The minimum Gasteiger partial charge on any atom is -0.496 e. The quantitative estimate of drug-likeness (QED) is 0.780. The maximum Gasteiger partial charge on any atom is 0.191 e. The first-order valence-electron chi connectivity index (χ1n) is 8.86. The van der Waals surface area contributed by atoms with Crippen LogP contribution >= 0.6 is 11.8 Å². The maximum absolute atomic E-state index is 5.48. The molecule has 6 heteroatoms. The van der Waals surface area contributed by atoms with E-state index < -0.39 is 0 Å². The highest BCUT2D eigenvalue weighted by Gasteiger charge is 2.18. The number of benzene rings is 1. The van der Waals surface area contributed by atoms with Gasteiger partial charge in [-0.05, 0) is 38.3 Å². The number of piperidine rings is 1. The molecule has 130 valence electrons. The van der Waals surface area contributed by atoms with Gasteiger partial charge < -0.3 is 14.2 Å². The van der Waals surface area contributed by atoms with Gasteiger partial charge in [0.25, 0.3) is 0 Å². The molecule has 1 aromatic heterocycles. The molecule has 0 saturated carbocycles. The Balaban J connectivity index is 1.70. The van der Waals surface area contributed by atoms with Crippen LogP contribution in [0.3, 0.4) is 0 Å². The number of likely N-dealkylation sites (tertiary alicyclic amines) is 1. The lowest BCUT2D eigenvalue weighted by Gasteiger charge is -2.23. The molecule has 3 rings (SSSR count). The summed E-state index contributed by atoms with van der Waals surface area (Å²) < 4.78 is 7.67. The van der Waals surface area contributed by atoms with Gasteiger partial charge >= 0.3 is 0 Å². The zero-order chi connectivity index (χ0) is 16.8. The van der Waals surface area contributed by atoms with E-state index in [0.29, 0.717) is 0 Å². The first-order valence-corrected chi connectivity index (χ1v) is 9.85. The molecule has 0 spiro atoms. The number of hydrogen-bond acceptors (Lipinski definition) is 4. The lowest BCUT2D eigenvalue weighted by Crippen LogP contribution is -3.13. The van der Waals surface area contributed by atoms with Gasteiger partial charge in [0.15, 0.2) is 11.0 Å². The van der Waals surface area contributed by atoms with E-state index in [1.54, 1.807) is 12.0 Å². The van der Waals surface area contributed by atoms with Crippen molar-refractivity contribution in [1.82, 2.24) is 14.8 Å². The topological polar surface area (TPSA) is 44.4 Å². The average molecular weight is 348 g/mol. The summed E-state index contributed by atoms with van der Waals surface area (Å²) in [5.41, 5.74) is 1.00. The fourth-order valence-corrected chi connectivity index (χ4v) is 4.34. The van der Waals surface area contributed by atoms with Crippen molar-refractivity contribution in [2.75, 3.05) is 32.5 Å². The summed E-state index contributed by atoms with van der Waals surface area (Å²) in [6.45, 7) is 6.87. The summed E-state index contributed by atoms with van der Waals surface area (Å²) in [5, 5.41) is 9.88. The van der Waals surface area contributed by atoms with E-state index in [4.69, 9.17) is 4.74 Å². The first-order chi connectivity index (χ1) is 11.8. The number of aromatic nitrogens is 3. The maximum atomic E-state index is 5.48. The molecule has 1 aromatic carbocycles.